The van der Waals surface area contributed by atoms with Gasteiger partial charge < -0.3 is 29.2 Å². The molecule has 0 saturated heterocycles. The summed E-state index contributed by atoms with van der Waals surface area (Å²) in [7, 11) is 0. The molecule has 0 heterocycles. The van der Waals surface area contributed by atoms with Crippen molar-refractivity contribution in [2.45, 2.75) is 76.4 Å². The Bertz CT molecular complexity index is 831. The number of hydrogen-bond acceptors (Lipinski definition) is 8. The first-order valence-electron chi connectivity index (χ1n) is 13.7. The molecule has 0 spiro atoms. The van der Waals surface area contributed by atoms with E-state index in [2.05, 4.69) is 25.3 Å². The monoisotopic (exact) mass is 532 g/mol. The van der Waals surface area contributed by atoms with Crippen molar-refractivity contribution in [3.05, 3.63) is 61.1 Å². The molecule has 2 saturated carbocycles. The smallest absolute Gasteiger partial charge is 0.330 e. The number of aliphatic hydroxyl groups is 2. The SMILES string of the molecule is C=CC(=O)OCC(O)CO/C=C/C(OCC(O)COC(=O)C=C)=C(\C=C\C1CCCCC1)C1CCCCC1. The number of hydrogen-bond donors (Lipinski definition) is 2. The molecule has 2 fully saturated rings. The molecule has 2 aliphatic carbocycles. The number of allylic oxidation sites excluding steroid dienone is 4. The quantitative estimate of drug-likeness (QED) is 0.128. The van der Waals surface area contributed by atoms with Gasteiger partial charge in [0.15, 0.2) is 0 Å². The summed E-state index contributed by atoms with van der Waals surface area (Å²) in [6.07, 6.45) is 19.4. The van der Waals surface area contributed by atoms with Crippen molar-refractivity contribution in [2.24, 2.45) is 11.8 Å². The summed E-state index contributed by atoms with van der Waals surface area (Å²) in [5, 5.41) is 20.3. The van der Waals surface area contributed by atoms with E-state index in [-0.39, 0.29) is 26.4 Å². The van der Waals surface area contributed by atoms with Crippen LogP contribution in [0.15, 0.2) is 61.1 Å². The van der Waals surface area contributed by atoms with Crippen molar-refractivity contribution in [1.82, 2.24) is 0 Å². The van der Waals surface area contributed by atoms with Gasteiger partial charge in [0.25, 0.3) is 0 Å². The van der Waals surface area contributed by atoms with Crippen LogP contribution >= 0.6 is 0 Å². The van der Waals surface area contributed by atoms with Crippen molar-refractivity contribution in [2.75, 3.05) is 26.4 Å². The molecule has 2 unspecified atom stereocenters. The van der Waals surface area contributed by atoms with E-state index in [1.165, 1.54) is 44.8 Å². The Morgan fingerprint density at radius 1 is 0.737 bits per heavy atom. The summed E-state index contributed by atoms with van der Waals surface area (Å²) in [6, 6.07) is 0. The van der Waals surface area contributed by atoms with Gasteiger partial charge in [-0.15, -0.1) is 0 Å². The molecular weight excluding hydrogens is 488 g/mol. The third-order valence-electron chi connectivity index (χ3n) is 6.73. The minimum Gasteiger partial charge on any atom is -0.498 e. The highest BCUT2D eigenvalue weighted by Gasteiger charge is 2.21. The molecule has 38 heavy (non-hydrogen) atoms. The molecule has 0 amide bonds. The maximum Gasteiger partial charge on any atom is 0.330 e. The lowest BCUT2D eigenvalue weighted by molar-refractivity contribution is -0.142. The molecule has 2 rings (SSSR count). The van der Waals surface area contributed by atoms with Gasteiger partial charge in [-0.2, -0.15) is 0 Å². The Morgan fingerprint density at radius 3 is 1.84 bits per heavy atom. The lowest BCUT2D eigenvalue weighted by atomic mass is 9.81. The fourth-order valence-corrected chi connectivity index (χ4v) is 4.66. The zero-order valence-corrected chi connectivity index (χ0v) is 22.4. The van der Waals surface area contributed by atoms with Crippen LogP contribution in [0.25, 0.3) is 0 Å². The molecule has 0 aromatic heterocycles. The fraction of sp³-hybridized carbons (Fsp3) is 0.600. The lowest BCUT2D eigenvalue weighted by Gasteiger charge is -2.26. The summed E-state index contributed by atoms with van der Waals surface area (Å²) in [4.78, 5) is 22.5. The van der Waals surface area contributed by atoms with E-state index in [0.717, 1.165) is 43.4 Å². The van der Waals surface area contributed by atoms with Crippen LogP contribution in [-0.4, -0.2) is 60.8 Å². The van der Waals surface area contributed by atoms with Crippen LogP contribution in [0, 0.1) is 11.8 Å². The molecule has 0 aliphatic heterocycles. The van der Waals surface area contributed by atoms with Crippen molar-refractivity contribution >= 4 is 11.9 Å². The number of rotatable bonds is 16. The molecule has 8 nitrogen and oxygen atoms in total. The number of ether oxygens (including phenoxy) is 4. The highest BCUT2D eigenvalue weighted by molar-refractivity contribution is 5.81. The lowest BCUT2D eigenvalue weighted by Crippen LogP contribution is -2.23. The minimum absolute atomic E-state index is 0.0717. The van der Waals surface area contributed by atoms with Gasteiger partial charge in [0.2, 0.25) is 0 Å². The molecule has 0 aromatic carbocycles. The first kappa shape index (κ1) is 31.4. The van der Waals surface area contributed by atoms with E-state index in [4.69, 9.17) is 18.9 Å². The Labute approximate surface area is 226 Å². The summed E-state index contributed by atoms with van der Waals surface area (Å²) >= 11 is 0. The Morgan fingerprint density at radius 2 is 1.26 bits per heavy atom. The summed E-state index contributed by atoms with van der Waals surface area (Å²) in [5.74, 6) is 0.218. The van der Waals surface area contributed by atoms with Gasteiger partial charge in [0, 0.05) is 18.2 Å². The van der Waals surface area contributed by atoms with Crippen molar-refractivity contribution in [1.29, 1.82) is 0 Å². The molecule has 2 N–H and O–H groups in total. The zero-order chi connectivity index (χ0) is 27.6. The summed E-state index contributed by atoms with van der Waals surface area (Å²) in [6.45, 7) is 6.11. The van der Waals surface area contributed by atoms with Gasteiger partial charge in [-0.25, -0.2) is 9.59 Å². The predicted octanol–water partition coefficient (Wildman–Crippen LogP) is 4.68. The van der Waals surface area contributed by atoms with E-state index in [1.54, 1.807) is 6.08 Å². The second-order valence-electron chi connectivity index (χ2n) is 9.83. The Kier molecular flexibility index (Phi) is 15.2. The normalized spacial score (nSPS) is 19.4. The first-order valence-corrected chi connectivity index (χ1v) is 13.7. The second kappa shape index (κ2) is 18.4. The second-order valence-corrected chi connectivity index (χ2v) is 9.83. The fourth-order valence-electron chi connectivity index (χ4n) is 4.66. The van der Waals surface area contributed by atoms with Crippen molar-refractivity contribution in [3.8, 4) is 0 Å². The Balaban J connectivity index is 2.17. The van der Waals surface area contributed by atoms with Gasteiger partial charge >= 0.3 is 11.9 Å². The third-order valence-corrected chi connectivity index (χ3v) is 6.73. The number of carbonyl (C=O) groups excluding carboxylic acids is 2. The molecule has 0 aromatic rings. The van der Waals surface area contributed by atoms with E-state index < -0.39 is 24.1 Å². The molecule has 8 heteroatoms. The third kappa shape index (κ3) is 12.6. The Hall–Kier alpha value is -2.84. The maximum absolute atomic E-state index is 11.3. The van der Waals surface area contributed by atoms with E-state index >= 15 is 0 Å². The predicted molar refractivity (Wildman–Crippen MR) is 145 cm³/mol. The van der Waals surface area contributed by atoms with Crippen molar-refractivity contribution in [3.63, 3.8) is 0 Å². The topological polar surface area (TPSA) is 112 Å². The van der Waals surface area contributed by atoms with Gasteiger partial charge in [0.05, 0.1) is 6.26 Å². The van der Waals surface area contributed by atoms with Crippen LogP contribution in [0.4, 0.5) is 0 Å². The van der Waals surface area contributed by atoms with Crippen LogP contribution in [0.5, 0.6) is 0 Å². The van der Waals surface area contributed by atoms with E-state index in [0.29, 0.717) is 17.6 Å². The van der Waals surface area contributed by atoms with Crippen LogP contribution in [0.1, 0.15) is 64.2 Å². The first-order chi connectivity index (χ1) is 18.4. The van der Waals surface area contributed by atoms with E-state index in [1.807, 2.05) is 0 Å². The highest BCUT2D eigenvalue weighted by Crippen LogP contribution is 2.34. The molecular formula is C30H44O8. The molecule has 2 aliphatic rings. The minimum atomic E-state index is -1.01. The molecule has 0 radical (unpaired) electrons. The van der Waals surface area contributed by atoms with Crippen LogP contribution in [0.2, 0.25) is 0 Å². The largest absolute Gasteiger partial charge is 0.498 e. The number of aliphatic hydroxyl groups excluding tert-OH is 2. The molecule has 212 valence electrons. The standard InChI is InChI=1S/C30H44O8/c1-3-29(33)37-21-25(31)19-35-18-17-28(36-20-26(32)22-38-30(34)4-2)27(24-13-9-6-10-14-24)16-15-23-11-7-5-8-12-23/h3-4,15-18,23-26,31-32H,1-2,5-14,19-22H2/b16-15+,18-17+,28-27-. The van der Waals surface area contributed by atoms with Crippen molar-refractivity contribution < 1.29 is 38.7 Å². The average Bonchev–Trinajstić information content (AvgIpc) is 2.95. The van der Waals surface area contributed by atoms with E-state index in [9.17, 15) is 19.8 Å². The maximum atomic E-state index is 11.3. The summed E-state index contributed by atoms with van der Waals surface area (Å²) < 4.78 is 21.3. The molecule has 0 bridgehead atoms. The van der Waals surface area contributed by atoms with Crippen LogP contribution < -0.4 is 0 Å². The van der Waals surface area contributed by atoms with Gasteiger partial charge in [-0.05, 0) is 43.1 Å². The highest BCUT2D eigenvalue weighted by atomic mass is 16.6. The van der Waals surface area contributed by atoms with Gasteiger partial charge in [-0.1, -0.05) is 63.8 Å². The summed E-state index contributed by atoms with van der Waals surface area (Å²) in [5.41, 5.74) is 1.06. The van der Waals surface area contributed by atoms with Crippen LogP contribution in [0.3, 0.4) is 0 Å². The average molecular weight is 533 g/mol. The molecule has 2 atom stereocenters. The van der Waals surface area contributed by atoms with Gasteiger partial charge in [0.1, 0.15) is 44.4 Å². The van der Waals surface area contributed by atoms with Crippen LogP contribution in [-0.2, 0) is 28.5 Å². The number of esters is 2. The zero-order valence-electron chi connectivity index (χ0n) is 22.4. The van der Waals surface area contributed by atoms with Gasteiger partial charge in [-0.3, -0.25) is 0 Å². The number of carbonyl (C=O) groups is 2.